The fourth-order valence-electron chi connectivity index (χ4n) is 1.25. The highest BCUT2D eigenvalue weighted by molar-refractivity contribution is 5.72. The van der Waals surface area contributed by atoms with Gasteiger partial charge in [0.2, 0.25) is 0 Å². The quantitative estimate of drug-likeness (QED) is 0.651. The maximum atomic E-state index is 10.6. The lowest BCUT2D eigenvalue weighted by Gasteiger charge is -2.23. The molecule has 1 heterocycles. The normalized spacial score (nSPS) is 11.6. The number of carbonyl (C=O) groups excluding carboxylic acids is 1. The van der Waals surface area contributed by atoms with Crippen LogP contribution in [0.2, 0.25) is 0 Å². The van der Waals surface area contributed by atoms with E-state index in [1.54, 1.807) is 0 Å². The van der Waals surface area contributed by atoms with Crippen molar-refractivity contribution in [2.45, 2.75) is 33.7 Å². The number of aromatic nitrogens is 1. The van der Waals surface area contributed by atoms with E-state index in [1.807, 2.05) is 22.9 Å². The lowest BCUT2D eigenvalue weighted by Crippen LogP contribution is -2.19. The van der Waals surface area contributed by atoms with Crippen molar-refractivity contribution in [2.24, 2.45) is 5.41 Å². The van der Waals surface area contributed by atoms with Crippen LogP contribution in [0.25, 0.3) is 0 Å². The summed E-state index contributed by atoms with van der Waals surface area (Å²) in [5.41, 5.74) is 1.03. The zero-order chi connectivity index (χ0) is 9.90. The molecular formula is C11H17NO. The molecule has 0 aromatic carbocycles. The molecule has 0 atom stereocenters. The summed E-state index contributed by atoms with van der Waals surface area (Å²) in [4.78, 5) is 10.6. The smallest absolute Gasteiger partial charge is 0.166 e. The van der Waals surface area contributed by atoms with Crippen LogP contribution in [0.4, 0.5) is 0 Å². The van der Waals surface area contributed by atoms with Crippen molar-refractivity contribution in [3.05, 3.63) is 24.0 Å². The van der Waals surface area contributed by atoms with Crippen LogP contribution in [-0.2, 0) is 6.54 Å². The summed E-state index contributed by atoms with van der Waals surface area (Å²) >= 11 is 0. The molecule has 0 spiro atoms. The summed E-state index contributed by atoms with van der Waals surface area (Å²) in [7, 11) is 0. The van der Waals surface area contributed by atoms with Gasteiger partial charge in [-0.2, -0.15) is 0 Å². The molecule has 1 rings (SSSR count). The van der Waals surface area contributed by atoms with Gasteiger partial charge >= 0.3 is 0 Å². The van der Waals surface area contributed by atoms with Crippen molar-refractivity contribution >= 4 is 6.29 Å². The first-order valence-corrected chi connectivity index (χ1v) is 4.69. The summed E-state index contributed by atoms with van der Waals surface area (Å²) in [6.45, 7) is 7.50. The molecule has 2 nitrogen and oxygen atoms in total. The van der Waals surface area contributed by atoms with E-state index in [0.717, 1.165) is 24.9 Å². The van der Waals surface area contributed by atoms with Gasteiger partial charge in [0, 0.05) is 12.7 Å². The molecule has 0 aliphatic rings. The minimum Gasteiger partial charge on any atom is -0.345 e. The van der Waals surface area contributed by atoms with Crippen LogP contribution in [0.15, 0.2) is 18.3 Å². The number of carbonyl (C=O) groups is 1. The predicted octanol–water partition coefficient (Wildman–Crippen LogP) is 2.74. The molecule has 0 aliphatic carbocycles. The van der Waals surface area contributed by atoms with Crippen LogP contribution in [0.1, 0.15) is 37.7 Å². The van der Waals surface area contributed by atoms with Gasteiger partial charge in [0.1, 0.15) is 0 Å². The van der Waals surface area contributed by atoms with Crippen LogP contribution in [-0.4, -0.2) is 10.9 Å². The lowest BCUT2D eigenvalue weighted by molar-refractivity contribution is 0.111. The predicted molar refractivity (Wildman–Crippen MR) is 53.9 cm³/mol. The Morgan fingerprint density at radius 2 is 2.23 bits per heavy atom. The Kier molecular flexibility index (Phi) is 2.91. The molecule has 0 bridgehead atoms. The van der Waals surface area contributed by atoms with Crippen molar-refractivity contribution in [1.82, 2.24) is 4.57 Å². The van der Waals surface area contributed by atoms with Crippen molar-refractivity contribution in [3.63, 3.8) is 0 Å². The molecule has 0 saturated heterocycles. The maximum Gasteiger partial charge on any atom is 0.166 e. The highest BCUT2D eigenvalue weighted by Gasteiger charge is 2.16. The monoisotopic (exact) mass is 179 g/mol. The summed E-state index contributed by atoms with van der Waals surface area (Å²) < 4.78 is 2.01. The summed E-state index contributed by atoms with van der Waals surface area (Å²) in [6, 6.07) is 3.76. The highest BCUT2D eigenvalue weighted by Crippen LogP contribution is 2.22. The average Bonchev–Trinajstić information content (AvgIpc) is 2.51. The average molecular weight is 179 g/mol. The molecule has 0 radical (unpaired) electrons. The first-order chi connectivity index (χ1) is 6.09. The van der Waals surface area contributed by atoms with Crippen LogP contribution >= 0.6 is 0 Å². The van der Waals surface area contributed by atoms with Gasteiger partial charge in [0.15, 0.2) is 6.29 Å². The molecule has 0 N–H and O–H groups in total. The van der Waals surface area contributed by atoms with Crippen LogP contribution < -0.4 is 0 Å². The van der Waals surface area contributed by atoms with Gasteiger partial charge in [0.25, 0.3) is 0 Å². The van der Waals surface area contributed by atoms with Gasteiger partial charge in [-0.25, -0.2) is 0 Å². The summed E-state index contributed by atoms with van der Waals surface area (Å²) in [5.74, 6) is 0. The van der Waals surface area contributed by atoms with E-state index in [9.17, 15) is 4.79 Å². The molecule has 0 unspecified atom stereocenters. The zero-order valence-corrected chi connectivity index (χ0v) is 8.58. The fraction of sp³-hybridized carbons (Fsp3) is 0.545. The van der Waals surface area contributed by atoms with Crippen LogP contribution in [0.3, 0.4) is 0 Å². The van der Waals surface area contributed by atoms with E-state index in [-0.39, 0.29) is 5.41 Å². The third kappa shape index (κ3) is 2.44. The van der Waals surface area contributed by atoms with Gasteiger partial charge in [-0.1, -0.05) is 20.8 Å². The van der Waals surface area contributed by atoms with Crippen molar-refractivity contribution < 1.29 is 4.79 Å². The Hall–Kier alpha value is -1.05. The van der Waals surface area contributed by atoms with Crippen molar-refractivity contribution in [1.29, 1.82) is 0 Å². The Bertz CT molecular complexity index is 286. The number of aldehydes is 1. The van der Waals surface area contributed by atoms with Gasteiger partial charge in [0.05, 0.1) is 5.69 Å². The molecule has 1 aromatic heterocycles. The second-order valence-electron chi connectivity index (χ2n) is 4.20. The summed E-state index contributed by atoms with van der Waals surface area (Å²) in [6.07, 6.45) is 3.98. The van der Waals surface area contributed by atoms with Crippen molar-refractivity contribution in [2.75, 3.05) is 0 Å². The fourth-order valence-corrected chi connectivity index (χ4v) is 1.25. The molecule has 1 aromatic rings. The maximum absolute atomic E-state index is 10.6. The van der Waals surface area contributed by atoms with Crippen molar-refractivity contribution in [3.8, 4) is 0 Å². The van der Waals surface area contributed by atoms with E-state index < -0.39 is 0 Å². The molecule has 13 heavy (non-hydrogen) atoms. The molecule has 2 heteroatoms. The van der Waals surface area contributed by atoms with Gasteiger partial charge in [-0.05, 0) is 24.0 Å². The van der Waals surface area contributed by atoms with Gasteiger partial charge in [-0.3, -0.25) is 4.79 Å². The number of nitrogens with zero attached hydrogens (tertiary/aromatic N) is 1. The first-order valence-electron chi connectivity index (χ1n) is 4.69. The topological polar surface area (TPSA) is 22.0 Å². The van der Waals surface area contributed by atoms with E-state index >= 15 is 0 Å². The second-order valence-corrected chi connectivity index (χ2v) is 4.20. The van der Waals surface area contributed by atoms with Gasteiger partial charge < -0.3 is 4.57 Å². The third-order valence-electron chi connectivity index (χ3n) is 2.54. The molecule has 0 fully saturated rings. The molecule has 0 saturated carbocycles. The largest absolute Gasteiger partial charge is 0.345 e. The molecule has 0 aliphatic heterocycles. The van der Waals surface area contributed by atoms with Gasteiger partial charge in [-0.15, -0.1) is 0 Å². The number of hydrogen-bond donors (Lipinski definition) is 0. The Labute approximate surface area is 79.6 Å². The zero-order valence-electron chi connectivity index (χ0n) is 8.58. The second kappa shape index (κ2) is 3.77. The number of rotatable bonds is 4. The van der Waals surface area contributed by atoms with Crippen LogP contribution in [0.5, 0.6) is 0 Å². The Morgan fingerprint density at radius 1 is 1.54 bits per heavy atom. The minimum absolute atomic E-state index is 0.261. The van der Waals surface area contributed by atoms with E-state index in [1.165, 1.54) is 0 Å². The molecule has 72 valence electrons. The SMILES string of the molecule is CCC(C)(C)Cn1cccc1C=O. The van der Waals surface area contributed by atoms with Crippen LogP contribution in [0, 0.1) is 5.41 Å². The molecular weight excluding hydrogens is 162 g/mol. The lowest BCUT2D eigenvalue weighted by atomic mass is 9.90. The van der Waals surface area contributed by atoms with E-state index in [4.69, 9.17) is 0 Å². The highest BCUT2D eigenvalue weighted by atomic mass is 16.1. The Morgan fingerprint density at radius 3 is 2.77 bits per heavy atom. The summed E-state index contributed by atoms with van der Waals surface area (Å²) in [5, 5.41) is 0. The standard InChI is InChI=1S/C11H17NO/c1-4-11(2,3)9-12-7-5-6-10(12)8-13/h5-8H,4,9H2,1-3H3. The number of hydrogen-bond acceptors (Lipinski definition) is 1. The van der Waals surface area contributed by atoms with E-state index in [2.05, 4.69) is 20.8 Å². The van der Waals surface area contributed by atoms with E-state index in [0.29, 0.717) is 0 Å². The Balaban J connectivity index is 2.79. The first kappa shape index (κ1) is 10.0. The minimum atomic E-state index is 0.261. The third-order valence-corrected chi connectivity index (χ3v) is 2.54. The molecule has 0 amide bonds.